The Labute approximate surface area is 85.1 Å². The van der Waals surface area contributed by atoms with Crippen LogP contribution in [0.2, 0.25) is 0 Å². The molecule has 70 valence electrons. The van der Waals surface area contributed by atoms with Gasteiger partial charge in [-0.3, -0.25) is 4.79 Å². The van der Waals surface area contributed by atoms with E-state index in [0.717, 1.165) is 6.42 Å². The summed E-state index contributed by atoms with van der Waals surface area (Å²) in [7, 11) is 0. The first-order valence-corrected chi connectivity index (χ1v) is 5.00. The fourth-order valence-electron chi connectivity index (χ4n) is 0.980. The molecule has 1 atom stereocenters. The van der Waals surface area contributed by atoms with Gasteiger partial charge in [-0.05, 0) is 30.7 Å². The lowest BCUT2D eigenvalue weighted by Gasteiger charge is -2.04. The molecule has 0 aliphatic carbocycles. The van der Waals surface area contributed by atoms with Crippen molar-refractivity contribution < 1.29 is 9.18 Å². The molecule has 3 heteroatoms. The van der Waals surface area contributed by atoms with Gasteiger partial charge in [0.2, 0.25) is 0 Å². The van der Waals surface area contributed by atoms with Crippen LogP contribution in [0.3, 0.4) is 0 Å². The SMILES string of the molecule is CC[C@H](Br)C(=O)c1ccc(F)cc1. The Balaban J connectivity index is 2.83. The van der Waals surface area contributed by atoms with Crippen LogP contribution in [-0.4, -0.2) is 10.6 Å². The van der Waals surface area contributed by atoms with Gasteiger partial charge in [0.05, 0.1) is 4.83 Å². The zero-order valence-corrected chi connectivity index (χ0v) is 8.84. The van der Waals surface area contributed by atoms with Crippen LogP contribution in [0, 0.1) is 5.82 Å². The fourth-order valence-corrected chi connectivity index (χ4v) is 1.24. The highest BCUT2D eigenvalue weighted by atomic mass is 79.9. The summed E-state index contributed by atoms with van der Waals surface area (Å²) in [4.78, 5) is 11.3. The molecule has 0 fully saturated rings. The molecule has 0 radical (unpaired) electrons. The average Bonchev–Trinajstić information content (AvgIpc) is 2.17. The fraction of sp³-hybridized carbons (Fsp3) is 0.300. The summed E-state index contributed by atoms with van der Waals surface area (Å²) < 4.78 is 12.5. The molecule has 0 heterocycles. The predicted octanol–water partition coefficient (Wildman–Crippen LogP) is 3.18. The summed E-state index contributed by atoms with van der Waals surface area (Å²) in [6, 6.07) is 5.59. The Hall–Kier alpha value is -0.700. The van der Waals surface area contributed by atoms with Gasteiger partial charge >= 0.3 is 0 Å². The van der Waals surface area contributed by atoms with Crippen molar-refractivity contribution >= 4 is 21.7 Å². The summed E-state index contributed by atoms with van der Waals surface area (Å²) in [5, 5.41) is 0. The van der Waals surface area contributed by atoms with E-state index in [1.165, 1.54) is 24.3 Å². The Bertz CT molecular complexity index is 294. The predicted molar refractivity (Wildman–Crippen MR) is 53.7 cm³/mol. The molecular formula is C10H10BrFO. The van der Waals surface area contributed by atoms with Crippen molar-refractivity contribution in [3.63, 3.8) is 0 Å². The first-order chi connectivity index (χ1) is 6.15. The second-order valence-electron chi connectivity index (χ2n) is 2.75. The van der Waals surface area contributed by atoms with E-state index in [1.54, 1.807) is 0 Å². The van der Waals surface area contributed by atoms with E-state index in [1.807, 2.05) is 6.92 Å². The maximum Gasteiger partial charge on any atom is 0.176 e. The second-order valence-corrected chi connectivity index (χ2v) is 3.85. The molecule has 0 unspecified atom stereocenters. The van der Waals surface area contributed by atoms with E-state index in [9.17, 15) is 9.18 Å². The number of alkyl halides is 1. The third-order valence-electron chi connectivity index (χ3n) is 1.77. The highest BCUT2D eigenvalue weighted by molar-refractivity contribution is 9.10. The minimum Gasteiger partial charge on any atom is -0.293 e. The van der Waals surface area contributed by atoms with Gasteiger partial charge in [0.25, 0.3) is 0 Å². The van der Waals surface area contributed by atoms with Crippen molar-refractivity contribution in [1.82, 2.24) is 0 Å². The molecular weight excluding hydrogens is 235 g/mol. The van der Waals surface area contributed by atoms with Crippen LogP contribution in [0.1, 0.15) is 23.7 Å². The third-order valence-corrected chi connectivity index (χ3v) is 2.83. The van der Waals surface area contributed by atoms with Crippen LogP contribution < -0.4 is 0 Å². The normalized spacial score (nSPS) is 12.5. The molecule has 0 aliphatic rings. The molecule has 0 amide bonds. The van der Waals surface area contributed by atoms with Gasteiger partial charge in [-0.15, -0.1) is 0 Å². The highest BCUT2D eigenvalue weighted by Crippen LogP contribution is 2.13. The van der Waals surface area contributed by atoms with E-state index < -0.39 is 0 Å². The Kier molecular flexibility index (Phi) is 3.60. The van der Waals surface area contributed by atoms with E-state index in [4.69, 9.17) is 0 Å². The lowest BCUT2D eigenvalue weighted by molar-refractivity contribution is 0.0990. The van der Waals surface area contributed by atoms with Crippen molar-refractivity contribution in [1.29, 1.82) is 0 Å². The van der Waals surface area contributed by atoms with Gasteiger partial charge in [0, 0.05) is 5.56 Å². The number of halogens is 2. The smallest absolute Gasteiger partial charge is 0.176 e. The molecule has 0 saturated carbocycles. The van der Waals surface area contributed by atoms with Crippen LogP contribution in [0.5, 0.6) is 0 Å². The van der Waals surface area contributed by atoms with Gasteiger partial charge in [-0.25, -0.2) is 4.39 Å². The summed E-state index contributed by atoms with van der Waals surface area (Å²) in [5.41, 5.74) is 0.546. The van der Waals surface area contributed by atoms with Crippen molar-refractivity contribution in [3.8, 4) is 0 Å². The van der Waals surface area contributed by atoms with Gasteiger partial charge < -0.3 is 0 Å². The molecule has 13 heavy (non-hydrogen) atoms. The molecule has 0 saturated heterocycles. The molecule has 1 nitrogen and oxygen atoms in total. The van der Waals surface area contributed by atoms with Crippen molar-refractivity contribution in [2.75, 3.05) is 0 Å². The summed E-state index contributed by atoms with van der Waals surface area (Å²) in [5.74, 6) is -0.318. The molecule has 1 aromatic carbocycles. The zero-order valence-electron chi connectivity index (χ0n) is 7.26. The van der Waals surface area contributed by atoms with E-state index in [-0.39, 0.29) is 16.4 Å². The number of rotatable bonds is 3. The minimum absolute atomic E-state index is 0.00231. The Morgan fingerprint density at radius 3 is 2.46 bits per heavy atom. The van der Waals surface area contributed by atoms with Crippen molar-refractivity contribution in [2.24, 2.45) is 0 Å². The number of Topliss-reactive ketones (excluding diaryl/α,β-unsaturated/α-hetero) is 1. The van der Waals surface area contributed by atoms with Crippen molar-refractivity contribution in [2.45, 2.75) is 18.2 Å². The van der Waals surface area contributed by atoms with E-state index in [0.29, 0.717) is 5.56 Å². The molecule has 0 N–H and O–H groups in total. The second kappa shape index (κ2) is 4.51. The maximum absolute atomic E-state index is 12.5. The number of carbonyl (C=O) groups excluding carboxylic acids is 1. The van der Waals surface area contributed by atoms with Crippen LogP contribution in [0.4, 0.5) is 4.39 Å². The van der Waals surface area contributed by atoms with Gasteiger partial charge in [-0.1, -0.05) is 22.9 Å². The summed E-state index contributed by atoms with van der Waals surface area (Å²) in [6.07, 6.45) is 0.732. The molecule has 0 bridgehead atoms. The van der Waals surface area contributed by atoms with E-state index in [2.05, 4.69) is 15.9 Å². The zero-order chi connectivity index (χ0) is 9.84. The number of hydrogen-bond acceptors (Lipinski definition) is 1. The number of carbonyl (C=O) groups is 1. The largest absolute Gasteiger partial charge is 0.293 e. The molecule has 0 aliphatic heterocycles. The van der Waals surface area contributed by atoms with Crippen LogP contribution in [-0.2, 0) is 0 Å². The number of hydrogen-bond donors (Lipinski definition) is 0. The minimum atomic E-state index is -0.320. The first-order valence-electron chi connectivity index (χ1n) is 4.09. The summed E-state index contributed by atoms with van der Waals surface area (Å²) in [6.45, 7) is 1.92. The maximum atomic E-state index is 12.5. The standard InChI is InChI=1S/C10H10BrFO/c1-2-9(11)10(13)7-3-5-8(12)6-4-7/h3-6,9H,2H2,1H3/t9-/m0/s1. The molecule has 1 aromatic rings. The highest BCUT2D eigenvalue weighted by Gasteiger charge is 2.14. The van der Waals surface area contributed by atoms with Crippen LogP contribution in [0.15, 0.2) is 24.3 Å². The Morgan fingerprint density at radius 2 is 2.00 bits per heavy atom. The lowest BCUT2D eigenvalue weighted by Crippen LogP contribution is -2.12. The molecule has 0 aromatic heterocycles. The Morgan fingerprint density at radius 1 is 1.46 bits per heavy atom. The van der Waals surface area contributed by atoms with Gasteiger partial charge in [-0.2, -0.15) is 0 Å². The van der Waals surface area contributed by atoms with E-state index >= 15 is 0 Å². The van der Waals surface area contributed by atoms with Gasteiger partial charge in [0.1, 0.15) is 5.82 Å². The third kappa shape index (κ3) is 2.62. The molecule has 0 spiro atoms. The van der Waals surface area contributed by atoms with Crippen LogP contribution in [0.25, 0.3) is 0 Å². The molecule has 1 rings (SSSR count). The number of ketones is 1. The summed E-state index contributed by atoms with van der Waals surface area (Å²) >= 11 is 3.25. The lowest BCUT2D eigenvalue weighted by atomic mass is 10.1. The first kappa shape index (κ1) is 10.4. The monoisotopic (exact) mass is 244 g/mol. The average molecular weight is 245 g/mol. The van der Waals surface area contributed by atoms with Crippen molar-refractivity contribution in [3.05, 3.63) is 35.6 Å². The van der Waals surface area contributed by atoms with Crippen LogP contribution >= 0.6 is 15.9 Å². The quantitative estimate of drug-likeness (QED) is 0.590. The number of benzene rings is 1. The topological polar surface area (TPSA) is 17.1 Å². The van der Waals surface area contributed by atoms with Gasteiger partial charge in [0.15, 0.2) is 5.78 Å².